The van der Waals surface area contributed by atoms with Gasteiger partial charge in [-0.15, -0.1) is 0 Å². The zero-order valence-electron chi connectivity index (χ0n) is 15.4. The van der Waals surface area contributed by atoms with Crippen LogP contribution < -0.4 is 5.32 Å². The second kappa shape index (κ2) is 9.05. The molecule has 3 heterocycles. The molecular formula is C18H30N2O4S. The van der Waals surface area contributed by atoms with E-state index in [2.05, 4.69) is 30.1 Å². The van der Waals surface area contributed by atoms with Crippen molar-refractivity contribution in [1.29, 1.82) is 0 Å². The molecule has 3 rings (SSSR count). The van der Waals surface area contributed by atoms with E-state index in [4.69, 9.17) is 14.6 Å². The van der Waals surface area contributed by atoms with Crippen molar-refractivity contribution in [1.82, 2.24) is 10.2 Å². The molecule has 0 saturated carbocycles. The van der Waals surface area contributed by atoms with Crippen molar-refractivity contribution < 1.29 is 19.4 Å². The second-order valence-electron chi connectivity index (χ2n) is 7.35. The van der Waals surface area contributed by atoms with Gasteiger partial charge < -0.3 is 15.2 Å². The number of nitrogens with one attached hydrogen (secondary N) is 1. The van der Waals surface area contributed by atoms with Gasteiger partial charge in [-0.1, -0.05) is 11.6 Å². The number of fused-ring (bicyclic) bond motifs is 1. The van der Waals surface area contributed by atoms with E-state index < -0.39 is 0 Å². The van der Waals surface area contributed by atoms with Crippen LogP contribution in [0.4, 0.5) is 0 Å². The molecule has 6 nitrogen and oxygen atoms in total. The molecule has 0 aromatic carbocycles. The fraction of sp³-hybridized carbons (Fsp3) is 0.778. The Labute approximate surface area is 154 Å². The Morgan fingerprint density at radius 2 is 2.20 bits per heavy atom. The Kier molecular flexibility index (Phi) is 7.34. The topological polar surface area (TPSA) is 78.9 Å². The van der Waals surface area contributed by atoms with Gasteiger partial charge in [-0.05, 0) is 32.9 Å². The number of hydrogen-bond donors (Lipinski definition) is 2. The minimum Gasteiger partial charge on any atom is -0.483 e. The highest BCUT2D eigenvalue weighted by molar-refractivity contribution is 7.99. The average molecular weight is 371 g/mol. The fourth-order valence-corrected chi connectivity index (χ4v) is 4.79. The summed E-state index contributed by atoms with van der Waals surface area (Å²) in [4.78, 5) is 22.6. The number of allylic oxidation sites excluding steroid dienone is 1. The van der Waals surface area contributed by atoms with Crippen LogP contribution in [0.2, 0.25) is 0 Å². The molecule has 142 valence electrons. The fourth-order valence-electron chi connectivity index (χ4n) is 4.42. The normalized spacial score (nSPS) is 32.5. The van der Waals surface area contributed by atoms with Gasteiger partial charge in [0.1, 0.15) is 0 Å². The molecule has 0 aliphatic carbocycles. The number of rotatable bonds is 6. The number of nitrogens with zero attached hydrogens (tertiary/aromatic N) is 1. The molecule has 3 fully saturated rings. The van der Waals surface area contributed by atoms with Gasteiger partial charge in [0.05, 0.1) is 17.5 Å². The largest absolute Gasteiger partial charge is 0.483 e. The van der Waals surface area contributed by atoms with E-state index in [1.807, 2.05) is 6.26 Å². The quantitative estimate of drug-likeness (QED) is 0.546. The van der Waals surface area contributed by atoms with Crippen LogP contribution in [0.3, 0.4) is 0 Å². The summed E-state index contributed by atoms with van der Waals surface area (Å²) in [5.41, 5.74) is 1.45. The van der Waals surface area contributed by atoms with Gasteiger partial charge in [-0.25, -0.2) is 0 Å². The first-order valence-corrected chi connectivity index (χ1v) is 10.2. The molecule has 0 radical (unpaired) electrons. The van der Waals surface area contributed by atoms with E-state index in [1.165, 1.54) is 12.0 Å². The Morgan fingerprint density at radius 1 is 1.48 bits per heavy atom. The predicted octanol–water partition coefficient (Wildman–Crippen LogP) is 1.61. The zero-order chi connectivity index (χ0) is 18.4. The number of thioether (sulfide) groups is 1. The third kappa shape index (κ3) is 4.77. The summed E-state index contributed by atoms with van der Waals surface area (Å²) in [6, 6.07) is 0. The molecule has 1 amide bonds. The Hall–Kier alpha value is -1.05. The van der Waals surface area contributed by atoms with Crippen LogP contribution in [0.25, 0.3) is 0 Å². The Bertz CT molecular complexity index is 509. The maximum absolute atomic E-state index is 11.7. The van der Waals surface area contributed by atoms with Gasteiger partial charge in [0.15, 0.2) is 0 Å². The van der Waals surface area contributed by atoms with Crippen LogP contribution in [0, 0.1) is 11.8 Å². The first-order valence-electron chi connectivity index (χ1n) is 8.82. The van der Waals surface area contributed by atoms with Gasteiger partial charge >= 0.3 is 0 Å². The number of carbonyl (C=O) groups excluding carboxylic acids is 1. The summed E-state index contributed by atoms with van der Waals surface area (Å²) in [6.45, 7) is 8.05. The van der Waals surface area contributed by atoms with E-state index in [1.54, 1.807) is 11.8 Å². The lowest BCUT2D eigenvalue weighted by Crippen LogP contribution is -2.42. The standard InChI is InChI=1S/C17H28N2O2S.CH2O2/c1-12(2)5-7-19-9-14-13(8-18-16(20)10-22-3)15-4-6-17(14,11-19)21-15;2-1-3/h5,13-15H,4,6-11H2,1-3H3,(H,18,20);1H,(H,2,3)/t13-,14+,15+,17+;/m0./s1. The van der Waals surface area contributed by atoms with Gasteiger partial charge in [-0.3, -0.25) is 14.5 Å². The molecule has 25 heavy (non-hydrogen) atoms. The highest BCUT2D eigenvalue weighted by atomic mass is 32.2. The summed E-state index contributed by atoms with van der Waals surface area (Å²) in [7, 11) is 0. The molecule has 0 aromatic rings. The minimum atomic E-state index is -0.250. The van der Waals surface area contributed by atoms with Crippen LogP contribution in [-0.4, -0.2) is 72.3 Å². The van der Waals surface area contributed by atoms with Crippen molar-refractivity contribution in [3.63, 3.8) is 0 Å². The maximum Gasteiger partial charge on any atom is 0.290 e. The first-order chi connectivity index (χ1) is 12.0. The zero-order valence-corrected chi connectivity index (χ0v) is 16.2. The van der Waals surface area contributed by atoms with Crippen LogP contribution in [0.5, 0.6) is 0 Å². The number of carbonyl (C=O) groups is 2. The van der Waals surface area contributed by atoms with E-state index in [0.717, 1.165) is 32.6 Å². The second-order valence-corrected chi connectivity index (χ2v) is 8.21. The van der Waals surface area contributed by atoms with Gasteiger partial charge in [0.25, 0.3) is 6.47 Å². The van der Waals surface area contributed by atoms with Crippen LogP contribution >= 0.6 is 11.8 Å². The number of carboxylic acid groups (broad SMARTS) is 1. The monoisotopic (exact) mass is 370 g/mol. The van der Waals surface area contributed by atoms with Gasteiger partial charge in [0.2, 0.25) is 5.91 Å². The molecule has 3 aliphatic rings. The van der Waals surface area contributed by atoms with Crippen LogP contribution in [0.15, 0.2) is 11.6 Å². The number of ether oxygens (including phenoxy) is 1. The highest BCUT2D eigenvalue weighted by Gasteiger charge is 2.62. The smallest absolute Gasteiger partial charge is 0.290 e. The van der Waals surface area contributed by atoms with E-state index >= 15 is 0 Å². The average Bonchev–Trinajstić information content (AvgIpc) is 3.19. The molecule has 3 aliphatic heterocycles. The molecule has 3 saturated heterocycles. The van der Waals surface area contributed by atoms with Crippen molar-refractivity contribution in [3.05, 3.63) is 11.6 Å². The van der Waals surface area contributed by atoms with Crippen molar-refractivity contribution in [2.24, 2.45) is 11.8 Å². The summed E-state index contributed by atoms with van der Waals surface area (Å²) in [5, 5.41) is 10.0. The van der Waals surface area contributed by atoms with Gasteiger partial charge in [-0.2, -0.15) is 11.8 Å². The van der Waals surface area contributed by atoms with Crippen molar-refractivity contribution in [2.75, 3.05) is 38.2 Å². The number of amides is 1. The van der Waals surface area contributed by atoms with Crippen LogP contribution in [-0.2, 0) is 14.3 Å². The predicted molar refractivity (Wildman–Crippen MR) is 99.8 cm³/mol. The SMILES string of the molecule is CSCC(=O)NC[C@H]1[C@H]2CN(CC=C(C)C)C[C@]23CC[C@H]1O3.O=CO. The van der Waals surface area contributed by atoms with E-state index in [0.29, 0.717) is 23.7 Å². The lowest BCUT2D eigenvalue weighted by atomic mass is 9.73. The molecule has 0 unspecified atom stereocenters. The van der Waals surface area contributed by atoms with Crippen LogP contribution in [0.1, 0.15) is 26.7 Å². The van der Waals surface area contributed by atoms with Crippen molar-refractivity contribution in [3.8, 4) is 0 Å². The first kappa shape index (κ1) is 20.3. The van der Waals surface area contributed by atoms with Crippen molar-refractivity contribution in [2.45, 2.75) is 38.4 Å². The molecular weight excluding hydrogens is 340 g/mol. The number of likely N-dealkylation sites (tertiary alicyclic amines) is 1. The summed E-state index contributed by atoms with van der Waals surface area (Å²) < 4.78 is 6.41. The Balaban J connectivity index is 0.000000701. The van der Waals surface area contributed by atoms with E-state index in [-0.39, 0.29) is 18.0 Å². The Morgan fingerprint density at radius 3 is 2.84 bits per heavy atom. The van der Waals surface area contributed by atoms with Crippen molar-refractivity contribution >= 4 is 24.1 Å². The lowest BCUT2D eigenvalue weighted by molar-refractivity contribution is -0.123. The van der Waals surface area contributed by atoms with E-state index in [9.17, 15) is 4.79 Å². The van der Waals surface area contributed by atoms with Gasteiger partial charge in [0, 0.05) is 38.0 Å². The lowest BCUT2D eigenvalue weighted by Gasteiger charge is -2.29. The third-order valence-electron chi connectivity index (χ3n) is 5.42. The molecule has 0 aromatic heterocycles. The molecule has 2 N–H and O–H groups in total. The molecule has 4 atom stereocenters. The summed E-state index contributed by atoms with van der Waals surface area (Å²) in [6.07, 6.45) is 7.00. The maximum atomic E-state index is 11.7. The molecule has 2 bridgehead atoms. The third-order valence-corrected chi connectivity index (χ3v) is 5.97. The minimum absolute atomic E-state index is 0.0784. The summed E-state index contributed by atoms with van der Waals surface area (Å²) >= 11 is 1.58. The number of hydrogen-bond acceptors (Lipinski definition) is 5. The molecule has 1 spiro atoms. The highest BCUT2D eigenvalue weighted by Crippen LogP contribution is 2.54. The molecule has 7 heteroatoms. The summed E-state index contributed by atoms with van der Waals surface area (Å²) in [5.74, 6) is 1.80.